The van der Waals surface area contributed by atoms with Gasteiger partial charge in [0.2, 0.25) is 5.91 Å². The van der Waals surface area contributed by atoms with Crippen molar-refractivity contribution in [2.24, 2.45) is 4.99 Å². The van der Waals surface area contributed by atoms with Gasteiger partial charge in [-0.15, -0.1) is 0 Å². The van der Waals surface area contributed by atoms with E-state index in [9.17, 15) is 14.4 Å². The number of amides is 2. The van der Waals surface area contributed by atoms with Gasteiger partial charge in [0.15, 0.2) is 0 Å². The minimum Gasteiger partial charge on any atom is -0.274 e. The van der Waals surface area contributed by atoms with Crippen LogP contribution >= 0.6 is 0 Å². The molecule has 6 nitrogen and oxygen atoms in total. The summed E-state index contributed by atoms with van der Waals surface area (Å²) >= 11 is 0. The first-order valence-corrected chi connectivity index (χ1v) is 9.10. The van der Waals surface area contributed by atoms with Crippen LogP contribution in [0.25, 0.3) is 0 Å². The van der Waals surface area contributed by atoms with E-state index in [4.69, 9.17) is 0 Å². The maximum absolute atomic E-state index is 12.6. The van der Waals surface area contributed by atoms with Crippen molar-refractivity contribution >= 4 is 17.7 Å². The van der Waals surface area contributed by atoms with Crippen molar-refractivity contribution in [3.05, 3.63) is 64.8 Å². The van der Waals surface area contributed by atoms with E-state index in [1.807, 2.05) is 32.9 Å². The molecule has 1 aromatic heterocycles. The Bertz CT molecular complexity index is 973. The first kappa shape index (κ1) is 18.8. The molecular weight excluding hydrogens is 342 g/mol. The van der Waals surface area contributed by atoms with Crippen LogP contribution in [0.15, 0.2) is 47.6 Å². The number of carbonyl (C=O) groups excluding carboxylic acids is 3. The number of aryl methyl sites for hydroxylation is 1. The molecule has 6 heteroatoms. The number of benzene rings is 1. The lowest BCUT2D eigenvalue weighted by molar-refractivity contribution is 0.0644. The van der Waals surface area contributed by atoms with Crippen LogP contribution in [-0.4, -0.2) is 39.8 Å². The topological polar surface area (TPSA) is 71.7 Å². The molecule has 0 saturated heterocycles. The van der Waals surface area contributed by atoms with Crippen LogP contribution in [0.4, 0.5) is 0 Å². The third-order valence-electron chi connectivity index (χ3n) is 4.40. The van der Waals surface area contributed by atoms with E-state index < -0.39 is 0 Å². The van der Waals surface area contributed by atoms with Crippen molar-refractivity contribution in [3.8, 4) is 0 Å². The molecule has 0 N–H and O–H groups in total. The van der Waals surface area contributed by atoms with Crippen molar-refractivity contribution in [1.29, 1.82) is 0 Å². The monoisotopic (exact) mass is 365 g/mol. The Hall–Kier alpha value is -3.02. The Morgan fingerprint density at radius 1 is 1.07 bits per heavy atom. The number of pyridine rings is 1. The Kier molecular flexibility index (Phi) is 5.35. The Labute approximate surface area is 158 Å². The van der Waals surface area contributed by atoms with Gasteiger partial charge in [0.1, 0.15) is 5.49 Å². The summed E-state index contributed by atoms with van der Waals surface area (Å²) in [6.07, 6.45) is 2.32. The van der Waals surface area contributed by atoms with Gasteiger partial charge in [-0.3, -0.25) is 28.8 Å². The van der Waals surface area contributed by atoms with Gasteiger partial charge >= 0.3 is 0 Å². The van der Waals surface area contributed by atoms with Crippen LogP contribution in [0.2, 0.25) is 0 Å². The molecule has 0 spiro atoms. The third-order valence-corrected chi connectivity index (χ3v) is 4.40. The van der Waals surface area contributed by atoms with Crippen LogP contribution in [0.1, 0.15) is 57.8 Å². The van der Waals surface area contributed by atoms with E-state index in [1.54, 1.807) is 30.5 Å². The van der Waals surface area contributed by atoms with Gasteiger partial charge < -0.3 is 0 Å². The second-order valence-corrected chi connectivity index (χ2v) is 6.96. The number of imide groups is 1. The van der Waals surface area contributed by atoms with Crippen molar-refractivity contribution in [2.45, 2.75) is 39.7 Å². The Morgan fingerprint density at radius 2 is 1.81 bits per heavy atom. The van der Waals surface area contributed by atoms with E-state index in [1.165, 1.54) is 9.47 Å². The summed E-state index contributed by atoms with van der Waals surface area (Å²) < 4.78 is 1.52. The third kappa shape index (κ3) is 3.89. The van der Waals surface area contributed by atoms with Gasteiger partial charge in [0.25, 0.3) is 11.8 Å². The minimum atomic E-state index is -0.287. The summed E-state index contributed by atoms with van der Waals surface area (Å²) in [7, 11) is 0. The van der Waals surface area contributed by atoms with Crippen molar-refractivity contribution in [3.63, 3.8) is 0 Å². The van der Waals surface area contributed by atoms with E-state index in [0.29, 0.717) is 23.0 Å². The zero-order valence-corrected chi connectivity index (χ0v) is 15.8. The lowest BCUT2D eigenvalue weighted by atomic mass is 10.1. The van der Waals surface area contributed by atoms with Gasteiger partial charge in [-0.2, -0.15) is 0 Å². The highest BCUT2D eigenvalue weighted by molar-refractivity contribution is 6.21. The molecule has 27 heavy (non-hydrogen) atoms. The Morgan fingerprint density at radius 3 is 2.56 bits per heavy atom. The molecule has 2 heterocycles. The molecule has 0 unspecified atom stereocenters. The van der Waals surface area contributed by atoms with Crippen molar-refractivity contribution < 1.29 is 14.4 Å². The van der Waals surface area contributed by atoms with Crippen LogP contribution in [-0.2, 0) is 0 Å². The molecule has 2 amide bonds. The van der Waals surface area contributed by atoms with E-state index >= 15 is 0 Å². The van der Waals surface area contributed by atoms with Crippen LogP contribution in [0.5, 0.6) is 0 Å². The largest absolute Gasteiger partial charge is 0.274 e. The SMILES string of the molecule is Cc1ccc2c(c1)C(=O)N(CCCC(=O)n1ccccc1=NC(C)C)C2=O. The fourth-order valence-electron chi connectivity index (χ4n) is 3.13. The summed E-state index contributed by atoms with van der Waals surface area (Å²) in [5.41, 5.74) is 2.43. The molecule has 0 atom stereocenters. The highest BCUT2D eigenvalue weighted by atomic mass is 16.2. The van der Waals surface area contributed by atoms with Gasteiger partial charge in [-0.1, -0.05) is 17.7 Å². The lowest BCUT2D eigenvalue weighted by Crippen LogP contribution is -2.32. The van der Waals surface area contributed by atoms with Crippen molar-refractivity contribution in [1.82, 2.24) is 9.47 Å². The first-order valence-electron chi connectivity index (χ1n) is 9.10. The smallest absolute Gasteiger partial charge is 0.261 e. The van der Waals surface area contributed by atoms with Gasteiger partial charge in [-0.25, -0.2) is 0 Å². The number of fused-ring (bicyclic) bond motifs is 1. The summed E-state index contributed by atoms with van der Waals surface area (Å²) in [5.74, 6) is -0.679. The van der Waals surface area contributed by atoms with Crippen LogP contribution in [0, 0.1) is 6.92 Å². The van der Waals surface area contributed by atoms with Crippen molar-refractivity contribution in [2.75, 3.05) is 6.54 Å². The molecule has 0 saturated carbocycles. The summed E-state index contributed by atoms with van der Waals surface area (Å²) in [4.78, 5) is 43.2. The number of rotatable bonds is 5. The average molecular weight is 365 g/mol. The highest BCUT2D eigenvalue weighted by Gasteiger charge is 2.34. The molecule has 140 valence electrons. The molecular formula is C21H23N3O3. The number of nitrogens with zero attached hydrogens (tertiary/aromatic N) is 3. The molecule has 3 rings (SSSR count). The molecule has 0 aliphatic carbocycles. The number of aromatic nitrogens is 1. The lowest BCUT2D eigenvalue weighted by Gasteiger charge is -2.13. The highest BCUT2D eigenvalue weighted by Crippen LogP contribution is 2.24. The number of hydrogen-bond donors (Lipinski definition) is 0. The predicted molar refractivity (Wildman–Crippen MR) is 102 cm³/mol. The molecule has 0 radical (unpaired) electrons. The standard InChI is InChI=1S/C21H23N3O3/c1-14(2)22-18-7-4-5-11-23(18)19(25)8-6-12-24-20(26)16-10-9-15(3)13-17(16)21(24)27/h4-5,7,9-11,13-14H,6,8,12H2,1-3H3. The summed E-state index contributed by atoms with van der Waals surface area (Å²) in [5, 5.41) is 0. The predicted octanol–water partition coefficient (Wildman–Crippen LogP) is 2.82. The normalized spacial score (nSPS) is 14.2. The fourth-order valence-corrected chi connectivity index (χ4v) is 3.13. The molecule has 0 bridgehead atoms. The van der Waals surface area contributed by atoms with E-state index in [-0.39, 0.29) is 36.7 Å². The maximum Gasteiger partial charge on any atom is 0.261 e. The number of hydrogen-bond acceptors (Lipinski definition) is 4. The Balaban J connectivity index is 1.67. The van der Waals surface area contributed by atoms with Gasteiger partial charge in [-0.05, 0) is 51.5 Å². The summed E-state index contributed by atoms with van der Waals surface area (Å²) in [6, 6.07) is 10.7. The minimum absolute atomic E-state index is 0.0771. The van der Waals surface area contributed by atoms with Gasteiger partial charge in [0.05, 0.1) is 11.1 Å². The zero-order chi connectivity index (χ0) is 19.6. The molecule has 1 aliphatic rings. The average Bonchev–Trinajstić information content (AvgIpc) is 2.86. The first-order chi connectivity index (χ1) is 12.9. The molecule has 1 aliphatic heterocycles. The molecule has 1 aromatic carbocycles. The molecule has 2 aromatic rings. The van der Waals surface area contributed by atoms with Crippen LogP contribution in [0.3, 0.4) is 0 Å². The quantitative estimate of drug-likeness (QED) is 0.765. The zero-order valence-electron chi connectivity index (χ0n) is 15.8. The maximum atomic E-state index is 12.6. The van der Waals surface area contributed by atoms with E-state index in [0.717, 1.165) is 5.56 Å². The van der Waals surface area contributed by atoms with E-state index in [2.05, 4.69) is 4.99 Å². The second-order valence-electron chi connectivity index (χ2n) is 6.96. The van der Waals surface area contributed by atoms with Crippen LogP contribution < -0.4 is 5.49 Å². The van der Waals surface area contributed by atoms with Gasteiger partial charge in [0, 0.05) is 25.2 Å². The fraction of sp³-hybridized carbons (Fsp3) is 0.333. The summed E-state index contributed by atoms with van der Waals surface area (Å²) in [6.45, 7) is 6.01. The number of carbonyl (C=O) groups is 3. The molecule has 0 fully saturated rings. The second kappa shape index (κ2) is 7.70.